The molecule has 0 radical (unpaired) electrons. The van der Waals surface area contributed by atoms with Gasteiger partial charge in [-0.3, -0.25) is 4.21 Å². The van der Waals surface area contributed by atoms with Gasteiger partial charge in [0.15, 0.2) is 0 Å². The highest BCUT2D eigenvalue weighted by molar-refractivity contribution is 7.79. The molecule has 0 bridgehead atoms. The normalized spacial score (nSPS) is 11.7. The SMILES string of the molecule is N.O=S([O-])c1ccc(-c2cscc2-c2ccc(F)cc2)cc1. The van der Waals surface area contributed by atoms with Crippen molar-refractivity contribution in [2.24, 2.45) is 0 Å². The van der Waals surface area contributed by atoms with Gasteiger partial charge in [-0.15, -0.1) is 0 Å². The fourth-order valence-corrected chi connectivity index (χ4v) is 3.34. The van der Waals surface area contributed by atoms with E-state index in [2.05, 4.69) is 0 Å². The van der Waals surface area contributed by atoms with E-state index in [-0.39, 0.29) is 16.9 Å². The van der Waals surface area contributed by atoms with Gasteiger partial charge >= 0.3 is 0 Å². The van der Waals surface area contributed by atoms with E-state index in [0.717, 1.165) is 22.3 Å². The second kappa shape index (κ2) is 6.93. The fourth-order valence-electron chi connectivity index (χ4n) is 2.12. The molecule has 3 N–H and O–H groups in total. The Morgan fingerprint density at radius 1 is 0.864 bits per heavy atom. The van der Waals surface area contributed by atoms with Crippen LogP contribution in [0.15, 0.2) is 64.2 Å². The number of hydrogen-bond donors (Lipinski definition) is 1. The Balaban J connectivity index is 0.00000176. The van der Waals surface area contributed by atoms with Gasteiger partial charge in [-0.1, -0.05) is 24.3 Å². The van der Waals surface area contributed by atoms with Gasteiger partial charge in [0.1, 0.15) is 5.82 Å². The van der Waals surface area contributed by atoms with E-state index in [0.29, 0.717) is 0 Å². The maximum absolute atomic E-state index is 13.0. The van der Waals surface area contributed by atoms with Gasteiger partial charge < -0.3 is 10.7 Å². The summed E-state index contributed by atoms with van der Waals surface area (Å²) in [6, 6.07) is 13.0. The second-order valence-corrected chi connectivity index (χ2v) is 6.15. The highest BCUT2D eigenvalue weighted by Gasteiger charge is 2.09. The van der Waals surface area contributed by atoms with Crippen LogP contribution >= 0.6 is 11.3 Å². The average molecular weight is 334 g/mol. The molecule has 22 heavy (non-hydrogen) atoms. The van der Waals surface area contributed by atoms with E-state index in [9.17, 15) is 13.2 Å². The zero-order valence-electron chi connectivity index (χ0n) is 11.5. The lowest BCUT2D eigenvalue weighted by Crippen LogP contribution is -1.88. The molecule has 0 aliphatic carbocycles. The van der Waals surface area contributed by atoms with E-state index in [4.69, 9.17) is 0 Å². The van der Waals surface area contributed by atoms with Crippen molar-refractivity contribution >= 4 is 22.4 Å². The van der Waals surface area contributed by atoms with Crippen LogP contribution < -0.4 is 6.15 Å². The minimum atomic E-state index is -2.22. The molecule has 0 fully saturated rings. The van der Waals surface area contributed by atoms with Crippen LogP contribution in [0.3, 0.4) is 0 Å². The first-order valence-electron chi connectivity index (χ1n) is 6.17. The summed E-state index contributed by atoms with van der Waals surface area (Å²) in [5.74, 6) is -0.266. The summed E-state index contributed by atoms with van der Waals surface area (Å²) in [4.78, 5) is 0.261. The Morgan fingerprint density at radius 2 is 1.32 bits per heavy atom. The van der Waals surface area contributed by atoms with Crippen LogP contribution in [0.2, 0.25) is 0 Å². The average Bonchev–Trinajstić information content (AvgIpc) is 2.97. The number of hydrogen-bond acceptors (Lipinski definition) is 4. The van der Waals surface area contributed by atoms with E-state index in [1.807, 2.05) is 10.8 Å². The maximum atomic E-state index is 13.0. The fraction of sp³-hybridized carbons (Fsp3) is 0. The molecule has 3 rings (SSSR count). The van der Waals surface area contributed by atoms with Crippen molar-refractivity contribution in [3.8, 4) is 22.3 Å². The quantitative estimate of drug-likeness (QED) is 0.710. The van der Waals surface area contributed by atoms with Crippen LogP contribution in [0.1, 0.15) is 0 Å². The van der Waals surface area contributed by atoms with E-state index in [1.165, 1.54) is 12.1 Å². The predicted octanol–water partition coefficient (Wildman–Crippen LogP) is 4.62. The zero-order chi connectivity index (χ0) is 14.8. The number of thiophene rings is 1. The Labute approximate surface area is 134 Å². The summed E-state index contributed by atoms with van der Waals surface area (Å²) in [6.07, 6.45) is 0. The van der Waals surface area contributed by atoms with Gasteiger partial charge in [0.05, 0.1) is 0 Å². The first kappa shape index (κ1) is 16.5. The monoisotopic (exact) mass is 334 g/mol. The molecule has 3 nitrogen and oxygen atoms in total. The second-order valence-electron chi connectivity index (χ2n) is 4.47. The summed E-state index contributed by atoms with van der Waals surface area (Å²) < 4.78 is 34.8. The molecule has 1 heterocycles. The molecule has 0 saturated carbocycles. The highest BCUT2D eigenvalue weighted by atomic mass is 32.2. The lowest BCUT2D eigenvalue weighted by Gasteiger charge is -2.08. The molecular formula is C16H13FNO2S2-. The predicted molar refractivity (Wildman–Crippen MR) is 87.4 cm³/mol. The van der Waals surface area contributed by atoms with Crippen LogP contribution in [0, 0.1) is 5.82 Å². The van der Waals surface area contributed by atoms with Crippen molar-refractivity contribution in [1.29, 1.82) is 0 Å². The minimum absolute atomic E-state index is 0. The highest BCUT2D eigenvalue weighted by Crippen LogP contribution is 2.35. The molecular weight excluding hydrogens is 321 g/mol. The number of benzene rings is 2. The molecule has 0 aliphatic heterocycles. The van der Waals surface area contributed by atoms with Crippen LogP contribution in [-0.4, -0.2) is 8.76 Å². The van der Waals surface area contributed by atoms with Crippen LogP contribution in [0.5, 0.6) is 0 Å². The molecule has 114 valence electrons. The van der Waals surface area contributed by atoms with Crippen molar-refractivity contribution < 1.29 is 13.2 Å². The maximum Gasteiger partial charge on any atom is 0.123 e. The third-order valence-corrected chi connectivity index (χ3v) is 4.58. The van der Waals surface area contributed by atoms with Crippen molar-refractivity contribution in [2.45, 2.75) is 4.90 Å². The van der Waals surface area contributed by atoms with Crippen molar-refractivity contribution in [3.05, 3.63) is 65.1 Å². The van der Waals surface area contributed by atoms with Gasteiger partial charge in [0.25, 0.3) is 0 Å². The Kier molecular flexibility index (Phi) is 5.20. The molecule has 0 aliphatic rings. The Hall–Kier alpha value is -1.86. The number of rotatable bonds is 3. The third kappa shape index (κ3) is 3.31. The molecule has 0 amide bonds. The minimum Gasteiger partial charge on any atom is -0.768 e. The van der Waals surface area contributed by atoms with E-state index >= 15 is 0 Å². The third-order valence-electron chi connectivity index (χ3n) is 3.17. The van der Waals surface area contributed by atoms with Crippen LogP contribution in [0.4, 0.5) is 4.39 Å². The van der Waals surface area contributed by atoms with Crippen molar-refractivity contribution in [3.63, 3.8) is 0 Å². The molecule has 0 spiro atoms. The largest absolute Gasteiger partial charge is 0.768 e. The van der Waals surface area contributed by atoms with Gasteiger partial charge in [-0.2, -0.15) is 11.3 Å². The Bertz CT molecular complexity index is 783. The van der Waals surface area contributed by atoms with Crippen LogP contribution in [-0.2, 0) is 11.1 Å². The lowest BCUT2D eigenvalue weighted by atomic mass is 9.99. The van der Waals surface area contributed by atoms with Crippen molar-refractivity contribution in [2.75, 3.05) is 0 Å². The summed E-state index contributed by atoms with van der Waals surface area (Å²) in [5.41, 5.74) is 3.89. The van der Waals surface area contributed by atoms with Gasteiger partial charge in [0.2, 0.25) is 0 Å². The van der Waals surface area contributed by atoms with E-state index < -0.39 is 11.1 Å². The molecule has 0 saturated heterocycles. The zero-order valence-corrected chi connectivity index (χ0v) is 13.1. The molecule has 1 aromatic heterocycles. The van der Waals surface area contributed by atoms with E-state index in [1.54, 1.807) is 47.7 Å². The first-order valence-corrected chi connectivity index (χ1v) is 8.19. The van der Waals surface area contributed by atoms with Gasteiger partial charge in [-0.05, 0) is 57.2 Å². The molecule has 6 heteroatoms. The van der Waals surface area contributed by atoms with Gasteiger partial charge in [-0.25, -0.2) is 4.39 Å². The standard InChI is InChI=1S/C16H11FO2S2.H3N/c17-13-5-1-11(2-6-13)15-9-20-10-16(15)12-3-7-14(8-4-12)21(18)19;/h1-10H,(H,18,19);1H3/p-1. The van der Waals surface area contributed by atoms with Crippen molar-refractivity contribution in [1.82, 2.24) is 6.15 Å². The molecule has 1 atom stereocenters. The summed E-state index contributed by atoms with van der Waals surface area (Å²) in [5, 5.41) is 4.00. The Morgan fingerprint density at radius 3 is 1.77 bits per heavy atom. The lowest BCUT2D eigenvalue weighted by molar-refractivity contribution is 0.537. The van der Waals surface area contributed by atoms with Gasteiger partial charge in [0, 0.05) is 16.0 Å². The molecule has 1 unspecified atom stereocenters. The molecule has 2 aromatic carbocycles. The smallest absolute Gasteiger partial charge is 0.123 e. The molecule has 3 aromatic rings. The van der Waals surface area contributed by atoms with Crippen LogP contribution in [0.25, 0.3) is 22.3 Å². The summed E-state index contributed by atoms with van der Waals surface area (Å²) in [6.45, 7) is 0. The summed E-state index contributed by atoms with van der Waals surface area (Å²) >= 11 is -0.662. The topological polar surface area (TPSA) is 75.1 Å². The summed E-state index contributed by atoms with van der Waals surface area (Å²) in [7, 11) is 0. The number of halogens is 1. The first-order chi connectivity index (χ1) is 10.1.